The number of nitrogens with zero attached hydrogens (tertiary/aromatic N) is 2. The number of nitrogens with two attached hydrogens (primary N) is 1. The SMILES string of the molecule is CNS(=O)(=O)c1ccc(N)c(NC(C)c2ncn[nH]2)c1. The van der Waals surface area contributed by atoms with Crippen LogP contribution in [0, 0.1) is 0 Å². The lowest BCUT2D eigenvalue weighted by Crippen LogP contribution is -2.19. The maximum absolute atomic E-state index is 11.8. The summed E-state index contributed by atoms with van der Waals surface area (Å²) in [6.45, 7) is 1.86. The Labute approximate surface area is 116 Å². The fraction of sp³-hybridized carbons (Fsp3) is 0.273. The molecule has 0 bridgehead atoms. The van der Waals surface area contributed by atoms with Crippen molar-refractivity contribution in [3.8, 4) is 0 Å². The Bertz CT molecular complexity index is 683. The molecule has 1 aromatic carbocycles. The van der Waals surface area contributed by atoms with E-state index >= 15 is 0 Å². The number of sulfonamides is 1. The number of anilines is 2. The van der Waals surface area contributed by atoms with Gasteiger partial charge in [-0.3, -0.25) is 5.10 Å². The second kappa shape index (κ2) is 5.47. The topological polar surface area (TPSA) is 126 Å². The molecule has 0 fully saturated rings. The predicted octanol–water partition coefficient (Wildman–Crippen LogP) is 0.468. The number of aromatic nitrogens is 3. The minimum absolute atomic E-state index is 0.140. The molecule has 0 aliphatic rings. The minimum Gasteiger partial charge on any atom is -0.397 e. The molecule has 0 saturated carbocycles. The molecule has 5 N–H and O–H groups in total. The van der Waals surface area contributed by atoms with Crippen molar-refractivity contribution < 1.29 is 8.42 Å². The number of aromatic amines is 1. The zero-order valence-electron chi connectivity index (χ0n) is 11.1. The normalized spacial score (nSPS) is 13.1. The van der Waals surface area contributed by atoms with Crippen LogP contribution in [0.4, 0.5) is 11.4 Å². The van der Waals surface area contributed by atoms with Gasteiger partial charge in [0.2, 0.25) is 10.0 Å². The highest BCUT2D eigenvalue weighted by molar-refractivity contribution is 7.89. The first-order valence-electron chi connectivity index (χ1n) is 5.89. The van der Waals surface area contributed by atoms with E-state index in [9.17, 15) is 8.42 Å². The first-order valence-corrected chi connectivity index (χ1v) is 7.37. The van der Waals surface area contributed by atoms with Crippen molar-refractivity contribution in [2.24, 2.45) is 0 Å². The van der Waals surface area contributed by atoms with Gasteiger partial charge in [0.05, 0.1) is 22.3 Å². The molecule has 2 rings (SSSR count). The lowest BCUT2D eigenvalue weighted by Gasteiger charge is -2.15. The van der Waals surface area contributed by atoms with Crippen LogP contribution in [0.15, 0.2) is 29.4 Å². The van der Waals surface area contributed by atoms with Crippen LogP contribution in [0.5, 0.6) is 0 Å². The number of hydrogen-bond acceptors (Lipinski definition) is 6. The monoisotopic (exact) mass is 296 g/mol. The number of nitrogens with one attached hydrogen (secondary N) is 3. The lowest BCUT2D eigenvalue weighted by molar-refractivity contribution is 0.588. The highest BCUT2D eigenvalue weighted by atomic mass is 32.2. The minimum atomic E-state index is -3.51. The summed E-state index contributed by atoms with van der Waals surface area (Å²) in [5.41, 5.74) is 6.82. The van der Waals surface area contributed by atoms with Crippen molar-refractivity contribution in [1.82, 2.24) is 19.9 Å². The smallest absolute Gasteiger partial charge is 0.240 e. The summed E-state index contributed by atoms with van der Waals surface area (Å²) >= 11 is 0. The molecule has 8 nitrogen and oxygen atoms in total. The summed E-state index contributed by atoms with van der Waals surface area (Å²) in [5, 5.41) is 9.60. The molecule has 0 aliphatic heterocycles. The first-order chi connectivity index (χ1) is 9.44. The molecule has 1 heterocycles. The maximum Gasteiger partial charge on any atom is 0.240 e. The van der Waals surface area contributed by atoms with Gasteiger partial charge in [0.25, 0.3) is 0 Å². The Morgan fingerprint density at radius 2 is 2.15 bits per heavy atom. The summed E-state index contributed by atoms with van der Waals surface area (Å²) in [5.74, 6) is 0.631. The number of H-pyrrole nitrogens is 1. The van der Waals surface area contributed by atoms with Crippen LogP contribution in [0.25, 0.3) is 0 Å². The van der Waals surface area contributed by atoms with Gasteiger partial charge >= 0.3 is 0 Å². The van der Waals surface area contributed by atoms with Crippen LogP contribution in [0.2, 0.25) is 0 Å². The molecular weight excluding hydrogens is 280 g/mol. The third-order valence-corrected chi connectivity index (χ3v) is 4.23. The van der Waals surface area contributed by atoms with Gasteiger partial charge in [-0.2, -0.15) is 5.10 Å². The number of hydrogen-bond donors (Lipinski definition) is 4. The van der Waals surface area contributed by atoms with Crippen molar-refractivity contribution >= 4 is 21.4 Å². The van der Waals surface area contributed by atoms with Crippen LogP contribution in [-0.4, -0.2) is 30.6 Å². The van der Waals surface area contributed by atoms with Gasteiger partial charge in [0, 0.05) is 0 Å². The van der Waals surface area contributed by atoms with Gasteiger partial charge < -0.3 is 11.1 Å². The van der Waals surface area contributed by atoms with Crippen LogP contribution in [0.1, 0.15) is 18.8 Å². The molecule has 9 heteroatoms. The fourth-order valence-electron chi connectivity index (χ4n) is 1.67. The highest BCUT2D eigenvalue weighted by Gasteiger charge is 2.15. The molecule has 0 aliphatic carbocycles. The van der Waals surface area contributed by atoms with Crippen molar-refractivity contribution in [2.75, 3.05) is 18.1 Å². The van der Waals surface area contributed by atoms with E-state index in [4.69, 9.17) is 5.73 Å². The van der Waals surface area contributed by atoms with Gasteiger partial charge in [0.15, 0.2) is 0 Å². The van der Waals surface area contributed by atoms with E-state index in [2.05, 4.69) is 25.2 Å². The molecule has 0 spiro atoms. The van der Waals surface area contributed by atoms with E-state index in [1.54, 1.807) is 6.07 Å². The standard InChI is InChI=1S/C11H16N6O2S/c1-7(11-14-6-15-17-11)16-10-5-8(3-4-9(10)12)20(18,19)13-2/h3-7,13,16H,12H2,1-2H3,(H,14,15,17). The molecule has 20 heavy (non-hydrogen) atoms. The van der Waals surface area contributed by atoms with Gasteiger partial charge in [0.1, 0.15) is 12.2 Å². The van der Waals surface area contributed by atoms with Crippen molar-refractivity contribution in [3.05, 3.63) is 30.4 Å². The van der Waals surface area contributed by atoms with E-state index in [1.165, 1.54) is 25.5 Å². The fourth-order valence-corrected chi connectivity index (χ4v) is 2.43. The summed E-state index contributed by atoms with van der Waals surface area (Å²) in [6, 6.07) is 4.28. The Kier molecular flexibility index (Phi) is 3.91. The summed E-state index contributed by atoms with van der Waals surface area (Å²) in [6.07, 6.45) is 1.40. The van der Waals surface area contributed by atoms with Gasteiger partial charge in [-0.25, -0.2) is 18.1 Å². The van der Waals surface area contributed by atoms with Crippen LogP contribution < -0.4 is 15.8 Å². The highest BCUT2D eigenvalue weighted by Crippen LogP contribution is 2.25. The van der Waals surface area contributed by atoms with Crippen molar-refractivity contribution in [3.63, 3.8) is 0 Å². The lowest BCUT2D eigenvalue weighted by atomic mass is 10.2. The number of nitrogen functional groups attached to an aromatic ring is 1. The van der Waals surface area contributed by atoms with Crippen molar-refractivity contribution in [2.45, 2.75) is 17.9 Å². The molecular formula is C11H16N6O2S. The van der Waals surface area contributed by atoms with Gasteiger partial charge in [-0.15, -0.1) is 0 Å². The molecule has 0 saturated heterocycles. The average Bonchev–Trinajstić information content (AvgIpc) is 2.95. The number of rotatable bonds is 5. The summed E-state index contributed by atoms with van der Waals surface area (Å²) in [4.78, 5) is 4.17. The second-order valence-electron chi connectivity index (χ2n) is 4.19. The largest absolute Gasteiger partial charge is 0.397 e. The molecule has 108 valence electrons. The van der Waals surface area contributed by atoms with E-state index in [-0.39, 0.29) is 10.9 Å². The molecule has 1 aromatic heterocycles. The number of benzene rings is 1. The van der Waals surface area contributed by atoms with Crippen LogP contribution >= 0.6 is 0 Å². The Balaban J connectivity index is 2.30. The molecule has 1 unspecified atom stereocenters. The van der Waals surface area contributed by atoms with Crippen LogP contribution in [-0.2, 0) is 10.0 Å². The van der Waals surface area contributed by atoms with Crippen molar-refractivity contribution in [1.29, 1.82) is 0 Å². The maximum atomic E-state index is 11.8. The third kappa shape index (κ3) is 2.89. The summed E-state index contributed by atoms with van der Waals surface area (Å²) in [7, 11) is -2.15. The Hall–Kier alpha value is -2.13. The van der Waals surface area contributed by atoms with Crippen LogP contribution in [0.3, 0.4) is 0 Å². The zero-order chi connectivity index (χ0) is 14.8. The first kappa shape index (κ1) is 14.3. The van der Waals surface area contributed by atoms with E-state index < -0.39 is 10.0 Å². The van der Waals surface area contributed by atoms with E-state index in [0.29, 0.717) is 17.2 Å². The Morgan fingerprint density at radius 3 is 2.75 bits per heavy atom. The Morgan fingerprint density at radius 1 is 1.40 bits per heavy atom. The molecule has 0 radical (unpaired) electrons. The predicted molar refractivity (Wildman–Crippen MR) is 75.5 cm³/mol. The zero-order valence-corrected chi connectivity index (χ0v) is 11.9. The summed E-state index contributed by atoms with van der Waals surface area (Å²) < 4.78 is 25.8. The second-order valence-corrected chi connectivity index (χ2v) is 6.08. The third-order valence-electron chi connectivity index (χ3n) is 2.82. The average molecular weight is 296 g/mol. The van der Waals surface area contributed by atoms with Gasteiger partial charge in [-0.05, 0) is 32.2 Å². The van der Waals surface area contributed by atoms with E-state index in [0.717, 1.165) is 0 Å². The molecule has 2 aromatic rings. The molecule has 1 atom stereocenters. The molecule has 0 amide bonds. The van der Waals surface area contributed by atoms with Gasteiger partial charge in [-0.1, -0.05) is 0 Å². The quantitative estimate of drug-likeness (QED) is 0.594. The van der Waals surface area contributed by atoms with E-state index in [1.807, 2.05) is 6.92 Å².